The van der Waals surface area contributed by atoms with E-state index in [0.717, 1.165) is 6.54 Å². The summed E-state index contributed by atoms with van der Waals surface area (Å²) in [5.74, 6) is 0.142. The second kappa shape index (κ2) is 3.98. The highest BCUT2D eigenvalue weighted by Crippen LogP contribution is 2.38. The average molecular weight is 238 g/mol. The Hall–Kier alpha value is -1.65. The molecular weight excluding hydrogens is 220 g/mol. The number of anilines is 1. The van der Waals surface area contributed by atoms with Crippen molar-refractivity contribution in [3.05, 3.63) is 11.9 Å². The molecule has 5 heteroatoms. The molecule has 5 nitrogen and oxygen atoms in total. The zero-order valence-corrected chi connectivity index (χ0v) is 10.6. The molecule has 1 atom stereocenters. The van der Waals surface area contributed by atoms with Crippen molar-refractivity contribution in [2.45, 2.75) is 20.0 Å². The number of rotatable bonds is 2. The molecule has 0 saturated carbocycles. The minimum absolute atomic E-state index is 0.108. The molecule has 0 radical (unpaired) electrons. The third-order valence-corrected chi connectivity index (χ3v) is 3.18. The standard InChI is InChI=1S/C12H18N2O3/c1-7(2)8-5-13(3)10-9(17-8)6-14(4)11(10)12(15)16/h6-8H,5H2,1-4H3,(H,15,16). The molecule has 0 bridgehead atoms. The summed E-state index contributed by atoms with van der Waals surface area (Å²) in [5, 5.41) is 9.20. The highest BCUT2D eigenvalue weighted by Gasteiger charge is 2.32. The van der Waals surface area contributed by atoms with Gasteiger partial charge in [0.2, 0.25) is 0 Å². The fourth-order valence-corrected chi connectivity index (χ4v) is 2.20. The number of carbonyl (C=O) groups is 1. The van der Waals surface area contributed by atoms with Crippen LogP contribution >= 0.6 is 0 Å². The summed E-state index contributed by atoms with van der Waals surface area (Å²) >= 11 is 0. The molecule has 17 heavy (non-hydrogen) atoms. The van der Waals surface area contributed by atoms with Crippen molar-refractivity contribution >= 4 is 11.7 Å². The van der Waals surface area contributed by atoms with Gasteiger partial charge in [-0.3, -0.25) is 0 Å². The molecule has 0 spiro atoms. The Morgan fingerprint density at radius 2 is 2.18 bits per heavy atom. The Balaban J connectivity index is 2.45. The number of aromatic nitrogens is 1. The third-order valence-electron chi connectivity index (χ3n) is 3.18. The van der Waals surface area contributed by atoms with Gasteiger partial charge < -0.3 is 19.3 Å². The normalized spacial score (nSPS) is 19.1. The van der Waals surface area contributed by atoms with Gasteiger partial charge in [0.25, 0.3) is 0 Å². The molecule has 2 rings (SSSR count). The first-order valence-corrected chi connectivity index (χ1v) is 5.72. The molecular formula is C12H18N2O3. The summed E-state index contributed by atoms with van der Waals surface area (Å²) in [5.41, 5.74) is 0.960. The van der Waals surface area contributed by atoms with Crippen molar-refractivity contribution in [2.24, 2.45) is 13.0 Å². The minimum atomic E-state index is -0.924. The topological polar surface area (TPSA) is 54.7 Å². The van der Waals surface area contributed by atoms with Gasteiger partial charge in [-0.15, -0.1) is 0 Å². The lowest BCUT2D eigenvalue weighted by atomic mass is 10.1. The predicted octanol–water partition coefficient (Wildman–Crippen LogP) is 1.58. The Kier molecular flexibility index (Phi) is 2.77. The van der Waals surface area contributed by atoms with E-state index in [-0.39, 0.29) is 11.8 Å². The van der Waals surface area contributed by atoms with E-state index in [1.165, 1.54) is 0 Å². The van der Waals surface area contributed by atoms with Crippen LogP contribution in [0.1, 0.15) is 24.3 Å². The summed E-state index contributed by atoms with van der Waals surface area (Å²) in [6.45, 7) is 4.92. The number of carboxylic acid groups (broad SMARTS) is 1. The highest BCUT2D eigenvalue weighted by molar-refractivity contribution is 5.95. The number of aromatic carboxylic acids is 1. The largest absolute Gasteiger partial charge is 0.485 e. The van der Waals surface area contributed by atoms with E-state index in [9.17, 15) is 9.90 Å². The van der Waals surface area contributed by atoms with Crippen LogP contribution in [0.2, 0.25) is 0 Å². The Labute approximate surface area is 101 Å². The maximum Gasteiger partial charge on any atom is 0.354 e. The number of nitrogens with zero attached hydrogens (tertiary/aromatic N) is 2. The number of likely N-dealkylation sites (N-methyl/N-ethyl adjacent to an activating group) is 1. The maximum atomic E-state index is 11.2. The monoisotopic (exact) mass is 238 g/mol. The van der Waals surface area contributed by atoms with Crippen LogP contribution in [-0.2, 0) is 7.05 Å². The molecule has 0 saturated heterocycles. The molecule has 0 fully saturated rings. The van der Waals surface area contributed by atoms with Crippen LogP contribution in [0.15, 0.2) is 6.20 Å². The first kappa shape index (κ1) is 11.8. The van der Waals surface area contributed by atoms with Crippen LogP contribution in [0.25, 0.3) is 0 Å². The van der Waals surface area contributed by atoms with Gasteiger partial charge in [0.05, 0.1) is 6.54 Å². The highest BCUT2D eigenvalue weighted by atomic mass is 16.5. The van der Waals surface area contributed by atoms with Crippen molar-refractivity contribution < 1.29 is 14.6 Å². The number of carboxylic acids is 1. The van der Waals surface area contributed by atoms with Gasteiger partial charge in [-0.2, -0.15) is 0 Å². The van der Waals surface area contributed by atoms with E-state index < -0.39 is 5.97 Å². The first-order valence-electron chi connectivity index (χ1n) is 5.72. The molecule has 94 valence electrons. The van der Waals surface area contributed by atoms with Gasteiger partial charge in [-0.1, -0.05) is 13.8 Å². The minimum Gasteiger partial charge on any atom is -0.485 e. The fraction of sp³-hybridized carbons (Fsp3) is 0.583. The molecule has 1 aromatic rings. The number of ether oxygens (including phenoxy) is 1. The second-order valence-corrected chi connectivity index (χ2v) is 4.89. The molecule has 0 amide bonds. The SMILES string of the molecule is CC(C)C1CN(C)c2c(cn(C)c2C(=O)O)O1. The van der Waals surface area contributed by atoms with Crippen LogP contribution in [0.5, 0.6) is 5.75 Å². The lowest BCUT2D eigenvalue weighted by molar-refractivity contribution is 0.0686. The number of aryl methyl sites for hydroxylation is 1. The summed E-state index contributed by atoms with van der Waals surface area (Å²) < 4.78 is 7.45. The molecule has 1 aliphatic heterocycles. The van der Waals surface area contributed by atoms with E-state index >= 15 is 0 Å². The number of hydrogen-bond acceptors (Lipinski definition) is 3. The molecule has 1 aromatic heterocycles. The maximum absolute atomic E-state index is 11.2. The zero-order valence-electron chi connectivity index (χ0n) is 10.6. The number of hydrogen-bond donors (Lipinski definition) is 1. The first-order chi connectivity index (χ1) is 7.91. The third kappa shape index (κ3) is 1.85. The lowest BCUT2D eigenvalue weighted by Crippen LogP contribution is -2.40. The van der Waals surface area contributed by atoms with Crippen LogP contribution in [0, 0.1) is 5.92 Å². The molecule has 1 unspecified atom stereocenters. The molecule has 0 aromatic carbocycles. The Morgan fingerprint density at radius 1 is 1.53 bits per heavy atom. The van der Waals surface area contributed by atoms with Gasteiger partial charge in [-0.25, -0.2) is 4.79 Å². The van der Waals surface area contributed by atoms with Crippen LogP contribution < -0.4 is 9.64 Å². The van der Waals surface area contributed by atoms with Crippen molar-refractivity contribution in [1.29, 1.82) is 0 Å². The summed E-state index contributed by atoms with van der Waals surface area (Å²) in [4.78, 5) is 13.2. The smallest absolute Gasteiger partial charge is 0.354 e. The second-order valence-electron chi connectivity index (χ2n) is 4.89. The zero-order chi connectivity index (χ0) is 12.7. The average Bonchev–Trinajstić information content (AvgIpc) is 2.54. The van der Waals surface area contributed by atoms with Gasteiger partial charge in [-0.05, 0) is 5.92 Å². The molecule has 1 N–H and O–H groups in total. The quantitative estimate of drug-likeness (QED) is 0.849. The lowest BCUT2D eigenvalue weighted by Gasteiger charge is -2.34. The van der Waals surface area contributed by atoms with Gasteiger partial charge in [0.1, 0.15) is 11.8 Å². The van der Waals surface area contributed by atoms with Crippen LogP contribution in [-0.4, -0.2) is 35.3 Å². The van der Waals surface area contributed by atoms with Crippen molar-refractivity contribution in [1.82, 2.24) is 4.57 Å². The Morgan fingerprint density at radius 3 is 2.71 bits per heavy atom. The molecule has 0 aliphatic carbocycles. The summed E-state index contributed by atoms with van der Waals surface area (Å²) in [6.07, 6.45) is 1.85. The number of fused-ring (bicyclic) bond motifs is 1. The van der Waals surface area contributed by atoms with Crippen LogP contribution in [0.3, 0.4) is 0 Å². The van der Waals surface area contributed by atoms with Crippen LogP contribution in [0.4, 0.5) is 5.69 Å². The molecule has 1 aliphatic rings. The van der Waals surface area contributed by atoms with Gasteiger partial charge >= 0.3 is 5.97 Å². The summed E-state index contributed by atoms with van der Waals surface area (Å²) in [6, 6.07) is 0. The van der Waals surface area contributed by atoms with E-state index in [0.29, 0.717) is 17.4 Å². The van der Waals surface area contributed by atoms with Gasteiger partial charge in [0.15, 0.2) is 11.4 Å². The van der Waals surface area contributed by atoms with Crippen molar-refractivity contribution in [3.8, 4) is 5.75 Å². The predicted molar refractivity (Wildman–Crippen MR) is 64.9 cm³/mol. The van der Waals surface area contributed by atoms with Gasteiger partial charge in [0, 0.05) is 20.3 Å². The van der Waals surface area contributed by atoms with E-state index in [2.05, 4.69) is 13.8 Å². The molecule has 2 heterocycles. The Bertz CT molecular complexity index is 451. The van der Waals surface area contributed by atoms with E-state index in [4.69, 9.17) is 4.74 Å². The van der Waals surface area contributed by atoms with E-state index in [1.54, 1.807) is 17.8 Å². The fourth-order valence-electron chi connectivity index (χ4n) is 2.20. The van der Waals surface area contributed by atoms with Crippen molar-refractivity contribution in [2.75, 3.05) is 18.5 Å². The van der Waals surface area contributed by atoms with E-state index in [1.807, 2.05) is 11.9 Å². The van der Waals surface area contributed by atoms with Crippen molar-refractivity contribution in [3.63, 3.8) is 0 Å². The summed E-state index contributed by atoms with van der Waals surface area (Å²) in [7, 11) is 3.63.